The topological polar surface area (TPSA) is 51.1 Å². The fourth-order valence-corrected chi connectivity index (χ4v) is 3.21. The molecular formula is C23H23ClN2O2. The summed E-state index contributed by atoms with van der Waals surface area (Å²) in [5.74, 6) is -0.410. The molecule has 144 valence electrons. The summed E-state index contributed by atoms with van der Waals surface area (Å²) in [6.45, 7) is 2.51. The molecule has 0 atom stereocenters. The lowest BCUT2D eigenvalue weighted by molar-refractivity contribution is 0.102. The summed E-state index contributed by atoms with van der Waals surface area (Å²) in [6.07, 6.45) is 4.98. The number of aromatic nitrogens is 1. The van der Waals surface area contributed by atoms with Crippen molar-refractivity contribution < 1.29 is 4.79 Å². The van der Waals surface area contributed by atoms with Crippen molar-refractivity contribution in [2.24, 2.45) is 0 Å². The van der Waals surface area contributed by atoms with Crippen LogP contribution in [0.2, 0.25) is 5.02 Å². The summed E-state index contributed by atoms with van der Waals surface area (Å²) in [5, 5.41) is 3.42. The molecule has 0 unspecified atom stereocenters. The molecule has 1 heterocycles. The Balaban J connectivity index is 1.74. The number of anilines is 1. The highest BCUT2D eigenvalue weighted by Gasteiger charge is 2.13. The summed E-state index contributed by atoms with van der Waals surface area (Å²) in [6, 6.07) is 18.3. The molecule has 0 aliphatic rings. The van der Waals surface area contributed by atoms with E-state index in [1.807, 2.05) is 36.4 Å². The van der Waals surface area contributed by atoms with Gasteiger partial charge in [0.1, 0.15) is 5.56 Å². The molecule has 0 bridgehead atoms. The minimum Gasteiger partial charge on any atom is -0.322 e. The van der Waals surface area contributed by atoms with Gasteiger partial charge in [-0.15, -0.1) is 0 Å². The van der Waals surface area contributed by atoms with Crippen molar-refractivity contribution in [1.29, 1.82) is 0 Å². The fourth-order valence-electron chi connectivity index (χ4n) is 3.00. The molecule has 0 saturated carbocycles. The third kappa shape index (κ3) is 5.11. The van der Waals surface area contributed by atoms with E-state index in [0.29, 0.717) is 17.3 Å². The van der Waals surface area contributed by atoms with Crippen molar-refractivity contribution in [2.45, 2.75) is 32.7 Å². The lowest BCUT2D eigenvalue weighted by Gasteiger charge is -2.10. The second kappa shape index (κ2) is 9.38. The quantitative estimate of drug-likeness (QED) is 0.602. The van der Waals surface area contributed by atoms with Crippen LogP contribution in [0.15, 0.2) is 71.7 Å². The Hall–Kier alpha value is -2.85. The largest absolute Gasteiger partial charge is 0.322 e. The van der Waals surface area contributed by atoms with Crippen LogP contribution in [0.4, 0.5) is 5.69 Å². The van der Waals surface area contributed by atoms with Crippen molar-refractivity contribution in [2.75, 3.05) is 5.32 Å². The number of carbonyl (C=O) groups is 1. The van der Waals surface area contributed by atoms with E-state index in [1.165, 1.54) is 10.1 Å². The van der Waals surface area contributed by atoms with Crippen molar-refractivity contribution in [3.8, 4) is 0 Å². The van der Waals surface area contributed by atoms with Gasteiger partial charge in [0.25, 0.3) is 11.5 Å². The van der Waals surface area contributed by atoms with E-state index < -0.39 is 5.91 Å². The van der Waals surface area contributed by atoms with Crippen molar-refractivity contribution >= 4 is 23.2 Å². The first-order valence-electron chi connectivity index (χ1n) is 9.41. The van der Waals surface area contributed by atoms with Crippen molar-refractivity contribution in [3.63, 3.8) is 0 Å². The van der Waals surface area contributed by atoms with Crippen molar-refractivity contribution in [3.05, 3.63) is 98.9 Å². The lowest BCUT2D eigenvalue weighted by Crippen LogP contribution is -2.29. The molecule has 28 heavy (non-hydrogen) atoms. The molecular weight excluding hydrogens is 372 g/mol. The molecule has 0 spiro atoms. The highest BCUT2D eigenvalue weighted by atomic mass is 35.5. The maximum absolute atomic E-state index is 12.7. The van der Waals surface area contributed by atoms with Crippen LogP contribution in [0.25, 0.3) is 0 Å². The minimum absolute atomic E-state index is 0.111. The number of carbonyl (C=O) groups excluding carboxylic acids is 1. The Morgan fingerprint density at radius 3 is 2.54 bits per heavy atom. The van der Waals surface area contributed by atoms with Gasteiger partial charge < -0.3 is 9.88 Å². The summed E-state index contributed by atoms with van der Waals surface area (Å²) in [4.78, 5) is 25.3. The van der Waals surface area contributed by atoms with Gasteiger partial charge >= 0.3 is 0 Å². The second-order valence-corrected chi connectivity index (χ2v) is 7.18. The number of nitrogens with zero attached hydrogens (tertiary/aromatic N) is 1. The first-order valence-corrected chi connectivity index (χ1v) is 9.79. The zero-order chi connectivity index (χ0) is 19.9. The maximum atomic E-state index is 12.7. The van der Waals surface area contributed by atoms with Crippen LogP contribution >= 0.6 is 11.6 Å². The van der Waals surface area contributed by atoms with E-state index in [0.717, 1.165) is 24.8 Å². The van der Waals surface area contributed by atoms with E-state index in [1.54, 1.807) is 30.5 Å². The average Bonchev–Trinajstić information content (AvgIpc) is 2.69. The Kier molecular flexibility index (Phi) is 6.66. The molecule has 1 amide bonds. The molecule has 0 fully saturated rings. The Labute approximate surface area is 169 Å². The van der Waals surface area contributed by atoms with E-state index in [-0.39, 0.29) is 11.1 Å². The summed E-state index contributed by atoms with van der Waals surface area (Å²) in [7, 11) is 0. The highest BCUT2D eigenvalue weighted by molar-refractivity contribution is 6.30. The first kappa shape index (κ1) is 19.9. The monoisotopic (exact) mass is 394 g/mol. The fraction of sp³-hybridized carbons (Fsp3) is 0.217. The number of amides is 1. The molecule has 4 nitrogen and oxygen atoms in total. The van der Waals surface area contributed by atoms with Crippen molar-refractivity contribution in [1.82, 2.24) is 4.57 Å². The number of hydrogen-bond donors (Lipinski definition) is 1. The zero-order valence-electron chi connectivity index (χ0n) is 15.8. The normalized spacial score (nSPS) is 10.6. The third-order valence-electron chi connectivity index (χ3n) is 4.54. The van der Waals surface area contributed by atoms with Crippen LogP contribution in [-0.2, 0) is 13.0 Å². The molecule has 2 aromatic carbocycles. The van der Waals surface area contributed by atoms with Gasteiger partial charge in [0.15, 0.2) is 0 Å². The smallest absolute Gasteiger partial charge is 0.263 e. The SMILES string of the molecule is CCCCc1ccc(NC(=O)c2cccn(Cc3cccc(Cl)c3)c2=O)cc1. The van der Waals surface area contributed by atoms with E-state index in [4.69, 9.17) is 11.6 Å². The molecule has 0 saturated heterocycles. The molecule has 0 aliphatic heterocycles. The van der Waals surface area contributed by atoms with Gasteiger partial charge in [-0.1, -0.05) is 49.2 Å². The van der Waals surface area contributed by atoms with Crippen LogP contribution < -0.4 is 10.9 Å². The number of benzene rings is 2. The van der Waals surface area contributed by atoms with Gasteiger partial charge in [-0.3, -0.25) is 9.59 Å². The number of aryl methyl sites for hydroxylation is 1. The number of nitrogens with one attached hydrogen (secondary N) is 1. The summed E-state index contributed by atoms with van der Waals surface area (Å²) >= 11 is 6.01. The lowest BCUT2D eigenvalue weighted by atomic mass is 10.1. The van der Waals surface area contributed by atoms with Crippen LogP contribution in [-0.4, -0.2) is 10.5 Å². The molecule has 5 heteroatoms. The van der Waals surface area contributed by atoms with Gasteiger partial charge in [0.2, 0.25) is 0 Å². The molecule has 0 radical (unpaired) electrons. The van der Waals surface area contributed by atoms with E-state index in [9.17, 15) is 9.59 Å². The number of pyridine rings is 1. The van der Waals surface area contributed by atoms with E-state index >= 15 is 0 Å². The molecule has 3 aromatic rings. The van der Waals surface area contributed by atoms with Gasteiger partial charge in [-0.2, -0.15) is 0 Å². The maximum Gasteiger partial charge on any atom is 0.263 e. The Morgan fingerprint density at radius 1 is 1.04 bits per heavy atom. The van der Waals surface area contributed by atoms with Crippen LogP contribution in [0.3, 0.4) is 0 Å². The molecule has 3 rings (SSSR count). The number of unbranched alkanes of at least 4 members (excludes halogenated alkanes) is 1. The predicted molar refractivity (Wildman–Crippen MR) is 114 cm³/mol. The van der Waals surface area contributed by atoms with E-state index in [2.05, 4.69) is 12.2 Å². The molecule has 1 aromatic heterocycles. The standard InChI is InChI=1S/C23H23ClN2O2/c1-2-3-6-17-10-12-20(13-11-17)25-22(27)21-9-5-14-26(23(21)28)16-18-7-4-8-19(24)15-18/h4-5,7-15H,2-3,6,16H2,1H3,(H,25,27). The van der Waals surface area contributed by atoms with Gasteiger partial charge in [0, 0.05) is 16.9 Å². The van der Waals surface area contributed by atoms with Gasteiger partial charge in [-0.25, -0.2) is 0 Å². The Bertz CT molecular complexity index is 1010. The molecule has 0 aliphatic carbocycles. The van der Waals surface area contributed by atoms with Crippen LogP contribution in [0.5, 0.6) is 0 Å². The first-order chi connectivity index (χ1) is 13.6. The summed E-state index contributed by atoms with van der Waals surface area (Å²) in [5.41, 5.74) is 2.59. The number of halogens is 1. The second-order valence-electron chi connectivity index (χ2n) is 6.74. The Morgan fingerprint density at radius 2 is 1.82 bits per heavy atom. The average molecular weight is 395 g/mol. The molecule has 1 N–H and O–H groups in total. The number of hydrogen-bond acceptors (Lipinski definition) is 2. The summed E-state index contributed by atoms with van der Waals surface area (Å²) < 4.78 is 1.51. The number of rotatable bonds is 7. The van der Waals surface area contributed by atoms with Crippen LogP contribution in [0, 0.1) is 0 Å². The van der Waals surface area contributed by atoms with Gasteiger partial charge in [0.05, 0.1) is 6.54 Å². The van der Waals surface area contributed by atoms with Crippen LogP contribution in [0.1, 0.15) is 41.3 Å². The van der Waals surface area contributed by atoms with Gasteiger partial charge in [-0.05, 0) is 60.4 Å². The third-order valence-corrected chi connectivity index (χ3v) is 4.77. The highest BCUT2D eigenvalue weighted by Crippen LogP contribution is 2.13. The predicted octanol–water partition coefficient (Wildman–Crippen LogP) is 5.14. The zero-order valence-corrected chi connectivity index (χ0v) is 16.6. The minimum atomic E-state index is -0.410.